The number of benzene rings is 2. The third-order valence-corrected chi connectivity index (χ3v) is 5.93. The number of Topliss-reactive ketones (excluding diaryl/α,β-unsaturated/α-hetero) is 1. The van der Waals surface area contributed by atoms with Crippen LogP contribution < -0.4 is 10.9 Å². The topological polar surface area (TPSA) is 66.9 Å². The zero-order valence-corrected chi connectivity index (χ0v) is 16.8. The quantitative estimate of drug-likeness (QED) is 0.662. The molecule has 0 unspecified atom stereocenters. The minimum atomic E-state index is -0.741. The molecule has 0 amide bonds. The van der Waals surface area contributed by atoms with E-state index in [1.807, 2.05) is 44.2 Å². The Morgan fingerprint density at radius 2 is 1.70 bits per heavy atom. The van der Waals surface area contributed by atoms with Gasteiger partial charge in [0.1, 0.15) is 11.6 Å². The van der Waals surface area contributed by atoms with Gasteiger partial charge in [-0.15, -0.1) is 0 Å². The number of para-hydroxylation sites is 1. The maximum atomic E-state index is 14.9. The van der Waals surface area contributed by atoms with E-state index in [0.29, 0.717) is 41.0 Å². The van der Waals surface area contributed by atoms with Crippen LogP contribution in [0.4, 0.5) is 10.2 Å². The molecule has 0 radical (unpaired) electrons. The fourth-order valence-corrected chi connectivity index (χ4v) is 4.67. The minimum absolute atomic E-state index is 0.0421. The summed E-state index contributed by atoms with van der Waals surface area (Å²) in [6.45, 7) is 4.09. The second-order valence-corrected chi connectivity index (χ2v) is 8.79. The molecule has 0 bridgehead atoms. The van der Waals surface area contributed by atoms with E-state index in [1.165, 1.54) is 10.7 Å². The molecule has 0 spiro atoms. The number of allylic oxidation sites excluding steroid dienone is 2. The van der Waals surface area contributed by atoms with E-state index >= 15 is 0 Å². The van der Waals surface area contributed by atoms with E-state index in [2.05, 4.69) is 10.4 Å². The van der Waals surface area contributed by atoms with E-state index in [0.717, 1.165) is 5.70 Å². The van der Waals surface area contributed by atoms with Crippen molar-refractivity contribution in [3.63, 3.8) is 0 Å². The van der Waals surface area contributed by atoms with Crippen molar-refractivity contribution >= 4 is 11.6 Å². The van der Waals surface area contributed by atoms with Crippen molar-refractivity contribution in [1.82, 2.24) is 9.78 Å². The van der Waals surface area contributed by atoms with Crippen LogP contribution in [0.5, 0.6) is 0 Å². The Kier molecular flexibility index (Phi) is 4.07. The van der Waals surface area contributed by atoms with E-state index in [1.54, 1.807) is 18.2 Å². The summed E-state index contributed by atoms with van der Waals surface area (Å²) in [7, 11) is 0. The molecule has 3 aromatic rings. The highest BCUT2D eigenvalue weighted by Gasteiger charge is 2.43. The average molecular weight is 403 g/mol. The van der Waals surface area contributed by atoms with Gasteiger partial charge in [0.25, 0.3) is 5.56 Å². The van der Waals surface area contributed by atoms with Crippen LogP contribution >= 0.6 is 0 Å². The first kappa shape index (κ1) is 18.6. The molecule has 2 aromatic carbocycles. The Labute approximate surface area is 173 Å². The van der Waals surface area contributed by atoms with Crippen LogP contribution in [0.3, 0.4) is 0 Å². The maximum Gasteiger partial charge on any atom is 0.277 e. The number of hydrogen-bond acceptors (Lipinski definition) is 3. The summed E-state index contributed by atoms with van der Waals surface area (Å²) in [5.41, 5.74) is 2.16. The molecule has 5 nitrogen and oxygen atoms in total. The van der Waals surface area contributed by atoms with Crippen LogP contribution in [0.1, 0.15) is 43.7 Å². The van der Waals surface area contributed by atoms with Crippen molar-refractivity contribution in [3.8, 4) is 5.69 Å². The third kappa shape index (κ3) is 2.83. The molecule has 1 aliphatic carbocycles. The van der Waals surface area contributed by atoms with Gasteiger partial charge in [-0.3, -0.25) is 14.7 Å². The molecule has 1 atom stereocenters. The molecule has 2 heterocycles. The number of rotatable bonds is 2. The summed E-state index contributed by atoms with van der Waals surface area (Å²) >= 11 is 0. The lowest BCUT2D eigenvalue weighted by Gasteiger charge is -2.37. The average Bonchev–Trinajstić information content (AvgIpc) is 3.03. The Hall–Kier alpha value is -3.41. The van der Waals surface area contributed by atoms with Gasteiger partial charge in [-0.2, -0.15) is 0 Å². The number of nitrogens with one attached hydrogen (secondary N) is 2. The minimum Gasteiger partial charge on any atom is -0.343 e. The molecule has 5 rings (SSSR count). The normalized spacial score (nSPS) is 19.8. The zero-order valence-electron chi connectivity index (χ0n) is 16.8. The Morgan fingerprint density at radius 3 is 2.43 bits per heavy atom. The molecule has 1 aliphatic heterocycles. The Morgan fingerprint density at radius 1 is 1.00 bits per heavy atom. The summed E-state index contributed by atoms with van der Waals surface area (Å²) < 4.78 is 16.3. The molecule has 2 N–H and O–H groups in total. The SMILES string of the molecule is CC1(C)CC(=O)C2=C(C1)Nc1[nH]n(-c3ccccc3)c(=O)c1[C@@H]2c1ccccc1F. The number of H-pyrrole nitrogens is 1. The van der Waals surface area contributed by atoms with E-state index in [9.17, 15) is 14.0 Å². The van der Waals surface area contributed by atoms with Crippen LogP contribution in [-0.4, -0.2) is 15.6 Å². The smallest absolute Gasteiger partial charge is 0.277 e. The molecule has 0 fully saturated rings. The van der Waals surface area contributed by atoms with Crippen molar-refractivity contribution in [1.29, 1.82) is 0 Å². The van der Waals surface area contributed by atoms with Gasteiger partial charge in [0.15, 0.2) is 5.78 Å². The molecular formula is C24H22FN3O2. The van der Waals surface area contributed by atoms with Gasteiger partial charge in [-0.1, -0.05) is 50.2 Å². The fourth-order valence-electron chi connectivity index (χ4n) is 4.67. The molecule has 2 aliphatic rings. The molecule has 6 heteroatoms. The highest BCUT2D eigenvalue weighted by molar-refractivity contribution is 6.01. The van der Waals surface area contributed by atoms with Crippen LogP contribution in [0.25, 0.3) is 5.69 Å². The van der Waals surface area contributed by atoms with Gasteiger partial charge < -0.3 is 5.32 Å². The molecule has 0 saturated heterocycles. The van der Waals surface area contributed by atoms with Crippen LogP contribution in [0.15, 0.2) is 70.7 Å². The molecular weight excluding hydrogens is 381 g/mol. The predicted octanol–water partition coefficient (Wildman–Crippen LogP) is 4.51. The number of ketones is 1. The fraction of sp³-hybridized carbons (Fsp3) is 0.250. The van der Waals surface area contributed by atoms with Crippen molar-refractivity contribution in [3.05, 3.63) is 93.2 Å². The van der Waals surface area contributed by atoms with E-state index in [-0.39, 0.29) is 16.8 Å². The van der Waals surface area contributed by atoms with Gasteiger partial charge in [0.2, 0.25) is 0 Å². The maximum absolute atomic E-state index is 14.9. The summed E-state index contributed by atoms with van der Waals surface area (Å²) in [4.78, 5) is 26.7. The number of halogens is 1. The van der Waals surface area contributed by atoms with Crippen molar-refractivity contribution < 1.29 is 9.18 Å². The van der Waals surface area contributed by atoms with E-state index in [4.69, 9.17) is 0 Å². The number of aromatic nitrogens is 2. The zero-order chi connectivity index (χ0) is 21.0. The third-order valence-electron chi connectivity index (χ3n) is 5.93. The van der Waals surface area contributed by atoms with Gasteiger partial charge >= 0.3 is 0 Å². The highest BCUT2D eigenvalue weighted by atomic mass is 19.1. The monoisotopic (exact) mass is 403 g/mol. The van der Waals surface area contributed by atoms with Crippen LogP contribution in [0, 0.1) is 11.2 Å². The lowest BCUT2D eigenvalue weighted by Crippen LogP contribution is -2.35. The lowest BCUT2D eigenvalue weighted by atomic mass is 9.69. The lowest BCUT2D eigenvalue weighted by molar-refractivity contribution is -0.118. The van der Waals surface area contributed by atoms with Gasteiger partial charge in [0, 0.05) is 23.3 Å². The van der Waals surface area contributed by atoms with Gasteiger partial charge in [-0.25, -0.2) is 9.07 Å². The second kappa shape index (κ2) is 6.55. The van der Waals surface area contributed by atoms with Crippen molar-refractivity contribution in [2.75, 3.05) is 5.32 Å². The second-order valence-electron chi connectivity index (χ2n) is 8.79. The van der Waals surface area contributed by atoms with Gasteiger partial charge in [0.05, 0.1) is 17.2 Å². The number of nitrogens with zero attached hydrogens (tertiary/aromatic N) is 1. The summed E-state index contributed by atoms with van der Waals surface area (Å²) in [6, 6.07) is 15.6. The van der Waals surface area contributed by atoms with Crippen LogP contribution in [0.2, 0.25) is 0 Å². The number of carbonyl (C=O) groups excluding carboxylic acids is 1. The standard InChI is InChI=1S/C24H22FN3O2/c1-24(2)12-17-20(18(29)13-24)19(15-10-6-7-11-16(15)25)21-22(26-17)27-28(23(21)30)14-8-4-3-5-9-14/h3-11,19,26-27H,12-13H2,1-2H3/t19-/m1/s1. The Bertz CT molecular complexity index is 1250. The largest absolute Gasteiger partial charge is 0.343 e. The number of hydrogen-bond donors (Lipinski definition) is 2. The van der Waals surface area contributed by atoms with Gasteiger partial charge in [-0.05, 0) is 30.0 Å². The van der Waals surface area contributed by atoms with Crippen molar-refractivity contribution in [2.45, 2.75) is 32.6 Å². The summed E-state index contributed by atoms with van der Waals surface area (Å²) in [5.74, 6) is -0.692. The Balaban J connectivity index is 1.77. The van der Waals surface area contributed by atoms with E-state index < -0.39 is 11.7 Å². The first-order valence-electron chi connectivity index (χ1n) is 10.0. The first-order chi connectivity index (χ1) is 14.4. The molecule has 0 saturated carbocycles. The number of fused-ring (bicyclic) bond motifs is 1. The predicted molar refractivity (Wildman–Crippen MR) is 113 cm³/mol. The molecule has 30 heavy (non-hydrogen) atoms. The van der Waals surface area contributed by atoms with Crippen molar-refractivity contribution in [2.24, 2.45) is 5.41 Å². The molecule has 1 aromatic heterocycles. The number of carbonyl (C=O) groups is 1. The summed E-state index contributed by atoms with van der Waals surface area (Å²) in [5, 5.41) is 6.43. The number of anilines is 1. The summed E-state index contributed by atoms with van der Waals surface area (Å²) in [6.07, 6.45) is 1.02. The first-order valence-corrected chi connectivity index (χ1v) is 10.0. The molecule has 152 valence electrons. The van der Waals surface area contributed by atoms with Crippen LogP contribution in [-0.2, 0) is 4.79 Å². The number of aromatic amines is 1. The highest BCUT2D eigenvalue weighted by Crippen LogP contribution is 2.48.